The lowest BCUT2D eigenvalue weighted by molar-refractivity contribution is -0.139. The van der Waals surface area contributed by atoms with Crippen LogP contribution in [0.5, 0.6) is 0 Å². The van der Waals surface area contributed by atoms with E-state index < -0.39 is 11.9 Å². The molecule has 4 N–H and O–H groups in total. The molecule has 0 aromatic heterocycles. The lowest BCUT2D eigenvalue weighted by Gasteiger charge is -2.33. The number of nitrogens with zero attached hydrogens (tertiary/aromatic N) is 4. The Kier molecular flexibility index (Phi) is 14.3. The average Bonchev–Trinajstić information content (AvgIpc) is 2.72. The van der Waals surface area contributed by atoms with Gasteiger partial charge in [-0.15, -0.1) is 0 Å². The van der Waals surface area contributed by atoms with E-state index in [1.807, 2.05) is 9.80 Å². The summed E-state index contributed by atoms with van der Waals surface area (Å²) in [6, 6.07) is 0. The van der Waals surface area contributed by atoms with Gasteiger partial charge in [-0.3, -0.25) is 34.0 Å². The van der Waals surface area contributed by atoms with Gasteiger partial charge in [0.1, 0.15) is 0 Å². The van der Waals surface area contributed by atoms with Crippen LogP contribution in [0.1, 0.15) is 6.42 Å². The molecule has 190 valence electrons. The van der Waals surface area contributed by atoms with Gasteiger partial charge in [-0.25, -0.2) is 0 Å². The van der Waals surface area contributed by atoms with E-state index in [2.05, 4.69) is 11.9 Å². The number of aliphatic hydroxyl groups excluding tert-OH is 1. The summed E-state index contributed by atoms with van der Waals surface area (Å²) in [6.07, 6.45) is 0.706. The highest BCUT2D eigenvalue weighted by atomic mass is 16.5. The molecule has 0 spiro atoms. The maximum absolute atomic E-state index is 12.4. The minimum Gasteiger partial charge on any atom is -0.512 e. The molecule has 12 heteroatoms. The number of nitrogens with one attached hydrogen (secondary N) is 1. The molecular formula is C21H39N5O7. The zero-order valence-electron chi connectivity index (χ0n) is 19.6. The fraction of sp³-hybridized carbons (Fsp3) is 0.762. The molecule has 12 nitrogen and oxygen atoms in total. The van der Waals surface area contributed by atoms with Crippen molar-refractivity contribution in [3.63, 3.8) is 0 Å². The standard InChI is InChI=1S/C21H39N5O7/c1-18(27)14-23-5-9-25(16-20(29)30)11-7-24(15-19(28)22-4-3-13-33-2)8-12-26(10-6-23)17-21(31)32/h27H,1,3-17H2,2H3,(H,22,28)(H,29,30)(H,31,32). The largest absolute Gasteiger partial charge is 0.512 e. The number of rotatable bonds is 12. The van der Waals surface area contributed by atoms with Gasteiger partial charge in [-0.1, -0.05) is 6.58 Å². The molecule has 1 heterocycles. The van der Waals surface area contributed by atoms with E-state index in [1.165, 1.54) is 0 Å². The van der Waals surface area contributed by atoms with Crippen molar-refractivity contribution in [2.24, 2.45) is 0 Å². The second-order valence-corrected chi connectivity index (χ2v) is 8.15. The monoisotopic (exact) mass is 473 g/mol. The SMILES string of the molecule is C=C(O)CN1CCN(CC(=O)O)CCN(CC(=O)NCCCOC)CCN(CC(=O)O)CC1. The van der Waals surface area contributed by atoms with Gasteiger partial charge >= 0.3 is 11.9 Å². The van der Waals surface area contributed by atoms with Gasteiger partial charge in [-0.2, -0.15) is 0 Å². The molecule has 1 aliphatic heterocycles. The van der Waals surface area contributed by atoms with Crippen molar-refractivity contribution >= 4 is 17.8 Å². The molecule has 0 radical (unpaired) electrons. The molecule has 0 aromatic carbocycles. The minimum atomic E-state index is -0.935. The van der Waals surface area contributed by atoms with E-state index in [0.717, 1.165) is 0 Å². The van der Waals surface area contributed by atoms with E-state index >= 15 is 0 Å². The number of methoxy groups -OCH3 is 1. The molecule has 0 aromatic rings. The number of aliphatic hydroxyl groups is 1. The Morgan fingerprint density at radius 3 is 1.52 bits per heavy atom. The average molecular weight is 474 g/mol. The molecule has 1 amide bonds. The second-order valence-electron chi connectivity index (χ2n) is 8.15. The Balaban J connectivity index is 2.86. The van der Waals surface area contributed by atoms with Crippen LogP contribution < -0.4 is 5.32 Å². The highest BCUT2D eigenvalue weighted by Gasteiger charge is 2.20. The Labute approximate surface area is 195 Å². The summed E-state index contributed by atoms with van der Waals surface area (Å²) in [5, 5.41) is 31.0. The summed E-state index contributed by atoms with van der Waals surface area (Å²) in [7, 11) is 1.60. The summed E-state index contributed by atoms with van der Waals surface area (Å²) in [5.74, 6) is -2.01. The second kappa shape index (κ2) is 16.4. The van der Waals surface area contributed by atoms with Crippen LogP contribution in [-0.2, 0) is 19.1 Å². The number of amides is 1. The molecule has 0 bridgehead atoms. The normalized spacial score (nSPS) is 18.2. The molecule has 1 rings (SSSR count). The van der Waals surface area contributed by atoms with Gasteiger partial charge in [0.25, 0.3) is 0 Å². The third-order valence-corrected chi connectivity index (χ3v) is 5.27. The summed E-state index contributed by atoms with van der Waals surface area (Å²) in [5.41, 5.74) is 0. The summed E-state index contributed by atoms with van der Waals surface area (Å²) in [6.45, 7) is 8.41. The molecule has 0 atom stereocenters. The molecule has 1 fully saturated rings. The molecule has 0 saturated carbocycles. The van der Waals surface area contributed by atoms with Crippen molar-refractivity contribution in [1.29, 1.82) is 0 Å². The molecule has 1 saturated heterocycles. The zero-order valence-corrected chi connectivity index (χ0v) is 19.6. The third-order valence-electron chi connectivity index (χ3n) is 5.27. The van der Waals surface area contributed by atoms with E-state index in [0.29, 0.717) is 71.9 Å². The van der Waals surface area contributed by atoms with Crippen LogP contribution in [0.2, 0.25) is 0 Å². The summed E-state index contributed by atoms with van der Waals surface area (Å²) < 4.78 is 4.98. The number of aliphatic carboxylic acids is 2. The number of carboxylic acid groups (broad SMARTS) is 2. The van der Waals surface area contributed by atoms with E-state index in [4.69, 9.17) is 4.74 Å². The van der Waals surface area contributed by atoms with Crippen LogP contribution in [0.4, 0.5) is 0 Å². The van der Waals surface area contributed by atoms with Crippen LogP contribution in [0.25, 0.3) is 0 Å². The van der Waals surface area contributed by atoms with Crippen LogP contribution in [-0.4, -0.2) is 152 Å². The molecular weight excluding hydrogens is 434 g/mol. The fourth-order valence-electron chi connectivity index (χ4n) is 3.56. The lowest BCUT2D eigenvalue weighted by Crippen LogP contribution is -2.49. The first-order chi connectivity index (χ1) is 15.7. The van der Waals surface area contributed by atoms with Crippen molar-refractivity contribution in [3.8, 4) is 0 Å². The van der Waals surface area contributed by atoms with Crippen LogP contribution in [0, 0.1) is 0 Å². The van der Waals surface area contributed by atoms with Gasteiger partial charge in [0.05, 0.1) is 31.9 Å². The van der Waals surface area contributed by atoms with Crippen molar-refractivity contribution in [2.45, 2.75) is 6.42 Å². The minimum absolute atomic E-state index is 0.000602. The number of carbonyl (C=O) groups excluding carboxylic acids is 1. The number of carbonyl (C=O) groups is 3. The maximum Gasteiger partial charge on any atom is 0.317 e. The van der Waals surface area contributed by atoms with Crippen LogP contribution in [0.3, 0.4) is 0 Å². The van der Waals surface area contributed by atoms with Crippen molar-refractivity contribution in [2.75, 3.05) is 98.8 Å². The quantitative estimate of drug-likeness (QED) is 0.196. The maximum atomic E-state index is 12.4. The predicted molar refractivity (Wildman–Crippen MR) is 122 cm³/mol. The molecule has 1 aliphatic rings. The van der Waals surface area contributed by atoms with Gasteiger partial charge < -0.3 is 25.4 Å². The third kappa shape index (κ3) is 14.5. The number of hydrogen-bond acceptors (Lipinski definition) is 9. The Morgan fingerprint density at radius 1 is 0.758 bits per heavy atom. The fourth-order valence-corrected chi connectivity index (χ4v) is 3.56. The number of hydrogen-bond donors (Lipinski definition) is 4. The first-order valence-corrected chi connectivity index (χ1v) is 11.1. The highest BCUT2D eigenvalue weighted by Crippen LogP contribution is 2.02. The van der Waals surface area contributed by atoms with Crippen molar-refractivity contribution < 1.29 is 34.4 Å². The molecule has 0 unspecified atom stereocenters. The summed E-state index contributed by atoms with van der Waals surface area (Å²) >= 11 is 0. The first-order valence-electron chi connectivity index (χ1n) is 11.1. The van der Waals surface area contributed by atoms with Crippen molar-refractivity contribution in [1.82, 2.24) is 24.9 Å². The Morgan fingerprint density at radius 2 is 1.15 bits per heavy atom. The van der Waals surface area contributed by atoms with Crippen LogP contribution >= 0.6 is 0 Å². The highest BCUT2D eigenvalue weighted by molar-refractivity contribution is 5.78. The van der Waals surface area contributed by atoms with Crippen LogP contribution in [0.15, 0.2) is 12.3 Å². The van der Waals surface area contributed by atoms with E-state index in [1.54, 1.807) is 16.9 Å². The van der Waals surface area contributed by atoms with Gasteiger partial charge in [0.15, 0.2) is 0 Å². The van der Waals surface area contributed by atoms with Gasteiger partial charge in [0.2, 0.25) is 5.91 Å². The topological polar surface area (TPSA) is 146 Å². The lowest BCUT2D eigenvalue weighted by atomic mass is 10.3. The van der Waals surface area contributed by atoms with E-state index in [9.17, 15) is 29.7 Å². The first kappa shape index (κ1) is 28.8. The number of ether oxygens (including phenoxy) is 1. The van der Waals surface area contributed by atoms with Gasteiger partial charge in [-0.05, 0) is 6.42 Å². The predicted octanol–water partition coefficient (Wildman–Crippen LogP) is -1.40. The molecule has 0 aliphatic carbocycles. The van der Waals surface area contributed by atoms with Crippen molar-refractivity contribution in [3.05, 3.63) is 12.3 Å². The Hall–Kier alpha value is -2.25. The van der Waals surface area contributed by atoms with Gasteiger partial charge in [0, 0.05) is 72.6 Å². The zero-order chi connectivity index (χ0) is 24.6. The number of carboxylic acids is 2. The smallest absolute Gasteiger partial charge is 0.317 e. The summed E-state index contributed by atoms with van der Waals surface area (Å²) in [4.78, 5) is 42.5. The molecule has 33 heavy (non-hydrogen) atoms. The van der Waals surface area contributed by atoms with E-state index in [-0.39, 0.29) is 37.8 Å². The Bertz CT molecular complexity index is 602.